The highest BCUT2D eigenvalue weighted by Gasteiger charge is 2.42. The van der Waals surface area contributed by atoms with Crippen molar-refractivity contribution in [2.75, 3.05) is 7.11 Å². The Balaban J connectivity index is 2.55. The van der Waals surface area contributed by atoms with Crippen LogP contribution in [0, 0.1) is 0 Å². The molecular formula is C12H12ClF3O2. The van der Waals surface area contributed by atoms with Crippen LogP contribution < -0.4 is 4.74 Å². The van der Waals surface area contributed by atoms with E-state index in [1.54, 1.807) is 0 Å². The molecule has 0 aromatic heterocycles. The molecule has 1 saturated carbocycles. The van der Waals surface area contributed by atoms with Crippen molar-refractivity contribution in [1.29, 1.82) is 0 Å². The van der Waals surface area contributed by atoms with Crippen molar-refractivity contribution in [3.05, 3.63) is 28.3 Å². The smallest absolute Gasteiger partial charge is 0.420 e. The monoisotopic (exact) mass is 280 g/mol. The van der Waals surface area contributed by atoms with Crippen molar-refractivity contribution < 1.29 is 23.0 Å². The van der Waals surface area contributed by atoms with Crippen molar-refractivity contribution in [3.8, 4) is 5.75 Å². The molecule has 1 aromatic carbocycles. The molecule has 1 fully saturated rings. The van der Waals surface area contributed by atoms with Gasteiger partial charge in [0.15, 0.2) is 0 Å². The van der Waals surface area contributed by atoms with E-state index in [0.29, 0.717) is 18.4 Å². The van der Waals surface area contributed by atoms with Crippen LogP contribution in [0.25, 0.3) is 0 Å². The molecule has 0 spiro atoms. The highest BCUT2D eigenvalue weighted by Crippen LogP contribution is 2.49. The second kappa shape index (κ2) is 4.31. The number of methoxy groups -OCH3 is 1. The molecule has 0 heterocycles. The molecular weight excluding hydrogens is 269 g/mol. The van der Waals surface area contributed by atoms with Gasteiger partial charge in [-0.05, 0) is 25.3 Å². The molecule has 0 amide bonds. The molecule has 1 aliphatic rings. The summed E-state index contributed by atoms with van der Waals surface area (Å²) in [5, 5.41) is 10.00. The number of rotatable bonds is 2. The SMILES string of the molecule is COc1c(C(F)(F)F)ccc(C2(O)CCC2)c1Cl. The fraction of sp³-hybridized carbons (Fsp3) is 0.500. The Bertz CT molecular complexity index is 467. The van der Waals surface area contributed by atoms with Gasteiger partial charge in [-0.3, -0.25) is 0 Å². The lowest BCUT2D eigenvalue weighted by atomic mass is 9.75. The van der Waals surface area contributed by atoms with Crippen LogP contribution in [0.5, 0.6) is 5.75 Å². The molecule has 0 unspecified atom stereocenters. The number of alkyl halides is 3. The van der Waals surface area contributed by atoms with Crippen molar-refractivity contribution in [3.63, 3.8) is 0 Å². The first kappa shape index (κ1) is 13.5. The Morgan fingerprint density at radius 2 is 1.94 bits per heavy atom. The van der Waals surface area contributed by atoms with Crippen molar-refractivity contribution in [1.82, 2.24) is 0 Å². The van der Waals surface area contributed by atoms with Crippen molar-refractivity contribution >= 4 is 11.6 Å². The molecule has 18 heavy (non-hydrogen) atoms. The molecule has 1 aliphatic carbocycles. The number of halogens is 4. The van der Waals surface area contributed by atoms with E-state index in [4.69, 9.17) is 16.3 Å². The first-order valence-electron chi connectivity index (χ1n) is 5.46. The maximum atomic E-state index is 12.7. The lowest BCUT2D eigenvalue weighted by Crippen LogP contribution is -2.34. The predicted octanol–water partition coefficient (Wildman–Crippen LogP) is 3.74. The molecule has 0 radical (unpaired) electrons. The molecule has 0 bridgehead atoms. The largest absolute Gasteiger partial charge is 0.495 e. The zero-order valence-corrected chi connectivity index (χ0v) is 10.4. The Morgan fingerprint density at radius 1 is 1.33 bits per heavy atom. The van der Waals surface area contributed by atoms with Crippen LogP contribution in [-0.2, 0) is 11.8 Å². The third kappa shape index (κ3) is 2.06. The molecule has 100 valence electrons. The maximum absolute atomic E-state index is 12.7. The summed E-state index contributed by atoms with van der Waals surface area (Å²) in [6.45, 7) is 0. The summed E-state index contributed by atoms with van der Waals surface area (Å²) in [5.41, 5.74) is -1.74. The summed E-state index contributed by atoms with van der Waals surface area (Å²) in [5.74, 6) is -0.429. The van der Waals surface area contributed by atoms with Crippen molar-refractivity contribution in [2.45, 2.75) is 31.0 Å². The summed E-state index contributed by atoms with van der Waals surface area (Å²) >= 11 is 5.93. The van der Waals surface area contributed by atoms with Gasteiger partial charge in [-0.1, -0.05) is 17.7 Å². The second-order valence-electron chi connectivity index (χ2n) is 4.39. The maximum Gasteiger partial charge on any atom is 0.420 e. The van der Waals surface area contributed by atoms with E-state index in [1.807, 2.05) is 0 Å². The van der Waals surface area contributed by atoms with Gasteiger partial charge in [0, 0.05) is 5.56 Å². The molecule has 0 saturated heterocycles. The summed E-state index contributed by atoms with van der Waals surface area (Å²) in [6.07, 6.45) is -2.70. The van der Waals surface area contributed by atoms with Crippen LogP contribution in [0.2, 0.25) is 5.02 Å². The van der Waals surface area contributed by atoms with Crippen molar-refractivity contribution in [2.24, 2.45) is 0 Å². The van der Waals surface area contributed by atoms with E-state index in [-0.39, 0.29) is 5.02 Å². The fourth-order valence-electron chi connectivity index (χ4n) is 2.12. The van der Waals surface area contributed by atoms with E-state index >= 15 is 0 Å². The number of aliphatic hydroxyl groups is 1. The summed E-state index contributed by atoms with van der Waals surface area (Å²) in [7, 11) is 1.13. The van der Waals surface area contributed by atoms with Gasteiger partial charge in [-0.2, -0.15) is 13.2 Å². The van der Waals surface area contributed by atoms with E-state index in [2.05, 4.69) is 0 Å². The van der Waals surface area contributed by atoms with Crippen LogP contribution in [0.3, 0.4) is 0 Å². The molecule has 2 rings (SSSR count). The Morgan fingerprint density at radius 3 is 2.33 bits per heavy atom. The van der Waals surface area contributed by atoms with Crippen LogP contribution in [-0.4, -0.2) is 12.2 Å². The van der Waals surface area contributed by atoms with Crippen LogP contribution in [0.1, 0.15) is 30.4 Å². The Labute approximate surface area is 107 Å². The summed E-state index contributed by atoms with van der Waals surface area (Å²) in [4.78, 5) is 0. The minimum absolute atomic E-state index is 0.158. The molecule has 0 atom stereocenters. The van der Waals surface area contributed by atoms with Gasteiger partial charge in [0.2, 0.25) is 0 Å². The van der Waals surface area contributed by atoms with Gasteiger partial charge >= 0.3 is 6.18 Å². The quantitative estimate of drug-likeness (QED) is 0.894. The molecule has 0 aliphatic heterocycles. The van der Waals surface area contributed by atoms with E-state index in [9.17, 15) is 18.3 Å². The summed E-state index contributed by atoms with van der Waals surface area (Å²) in [6, 6.07) is 2.13. The summed E-state index contributed by atoms with van der Waals surface area (Å²) < 4.78 is 43.0. The highest BCUT2D eigenvalue weighted by molar-refractivity contribution is 6.33. The van der Waals surface area contributed by atoms with Gasteiger partial charge < -0.3 is 9.84 Å². The van der Waals surface area contributed by atoms with Crippen LogP contribution in [0.4, 0.5) is 13.2 Å². The number of hydrogen-bond donors (Lipinski definition) is 1. The molecule has 1 N–H and O–H groups in total. The van der Waals surface area contributed by atoms with E-state index in [1.165, 1.54) is 6.07 Å². The third-order valence-corrected chi connectivity index (χ3v) is 3.66. The Hall–Kier alpha value is -0.940. The zero-order valence-electron chi connectivity index (χ0n) is 9.64. The molecule has 1 aromatic rings. The Kier molecular flexibility index (Phi) is 3.23. The molecule has 2 nitrogen and oxygen atoms in total. The first-order valence-corrected chi connectivity index (χ1v) is 5.84. The standard InChI is InChI=1S/C12H12ClF3O2/c1-18-10-8(12(14,15)16)4-3-7(9(10)13)11(17)5-2-6-11/h3-4,17H,2,5-6H2,1H3. The van der Waals surface area contributed by atoms with Gasteiger partial charge in [-0.25, -0.2) is 0 Å². The van der Waals surface area contributed by atoms with Gasteiger partial charge in [0.1, 0.15) is 5.75 Å². The zero-order chi connectivity index (χ0) is 13.6. The normalized spacial score (nSPS) is 18.3. The minimum atomic E-state index is -4.53. The lowest BCUT2D eigenvalue weighted by molar-refractivity contribution is -0.138. The van der Waals surface area contributed by atoms with Crippen LogP contribution in [0.15, 0.2) is 12.1 Å². The predicted molar refractivity (Wildman–Crippen MR) is 60.8 cm³/mol. The van der Waals surface area contributed by atoms with Gasteiger partial charge in [0.25, 0.3) is 0 Å². The van der Waals surface area contributed by atoms with Gasteiger partial charge in [0.05, 0.1) is 23.3 Å². The number of ether oxygens (including phenoxy) is 1. The fourth-order valence-corrected chi connectivity index (χ4v) is 2.54. The average Bonchev–Trinajstić information content (AvgIpc) is 2.24. The average molecular weight is 281 g/mol. The minimum Gasteiger partial charge on any atom is -0.495 e. The first-order chi connectivity index (χ1) is 8.29. The highest BCUT2D eigenvalue weighted by atomic mass is 35.5. The van der Waals surface area contributed by atoms with Crippen LogP contribution >= 0.6 is 11.6 Å². The van der Waals surface area contributed by atoms with Gasteiger partial charge in [-0.15, -0.1) is 0 Å². The number of benzene rings is 1. The lowest BCUT2D eigenvalue weighted by Gasteiger charge is -2.38. The topological polar surface area (TPSA) is 29.5 Å². The number of hydrogen-bond acceptors (Lipinski definition) is 2. The second-order valence-corrected chi connectivity index (χ2v) is 4.77. The third-order valence-electron chi connectivity index (χ3n) is 3.29. The van der Waals surface area contributed by atoms with E-state index in [0.717, 1.165) is 19.6 Å². The van der Waals surface area contributed by atoms with E-state index < -0.39 is 23.1 Å². The molecule has 6 heteroatoms.